The Morgan fingerprint density at radius 3 is 2.75 bits per heavy atom. The van der Waals surface area contributed by atoms with Crippen LogP contribution in [0.4, 0.5) is 0 Å². The van der Waals surface area contributed by atoms with Crippen LogP contribution in [0.2, 0.25) is 0 Å². The van der Waals surface area contributed by atoms with Crippen LogP contribution in [-0.4, -0.2) is 24.4 Å². The second kappa shape index (κ2) is 6.23. The van der Waals surface area contributed by atoms with Crippen molar-refractivity contribution in [1.29, 1.82) is 0 Å². The van der Waals surface area contributed by atoms with Crippen molar-refractivity contribution in [2.45, 2.75) is 26.3 Å². The van der Waals surface area contributed by atoms with E-state index in [1.54, 1.807) is 19.1 Å². The summed E-state index contributed by atoms with van der Waals surface area (Å²) < 4.78 is 5.45. The van der Waals surface area contributed by atoms with Crippen molar-refractivity contribution < 1.29 is 14.0 Å². The Kier molecular flexibility index (Phi) is 4.40. The van der Waals surface area contributed by atoms with Gasteiger partial charge < -0.3 is 15.1 Å². The molecule has 2 rings (SSSR count). The number of carbonyl (C=O) groups is 2. The van der Waals surface area contributed by atoms with Crippen LogP contribution in [0, 0.1) is 0 Å². The highest BCUT2D eigenvalue weighted by atomic mass is 16.3. The van der Waals surface area contributed by atoms with Crippen LogP contribution in [0.3, 0.4) is 0 Å². The molecule has 1 heterocycles. The number of hydrogen-bond donors (Lipinski definition) is 2. The number of para-hydroxylation sites is 1. The molecule has 0 saturated heterocycles. The number of nitrogens with one attached hydrogen (secondary N) is 2. The van der Waals surface area contributed by atoms with Gasteiger partial charge in [0.05, 0.1) is 0 Å². The van der Waals surface area contributed by atoms with Gasteiger partial charge >= 0.3 is 0 Å². The zero-order valence-corrected chi connectivity index (χ0v) is 11.6. The second-order valence-corrected chi connectivity index (χ2v) is 4.63. The molecule has 5 heteroatoms. The van der Waals surface area contributed by atoms with E-state index in [1.165, 1.54) is 0 Å². The predicted octanol–water partition coefficient (Wildman–Crippen LogP) is 2.08. The minimum Gasteiger partial charge on any atom is -0.451 e. The molecule has 2 N–H and O–H groups in total. The first kappa shape index (κ1) is 14.1. The summed E-state index contributed by atoms with van der Waals surface area (Å²) in [5.74, 6) is -0.377. The van der Waals surface area contributed by atoms with E-state index in [0.29, 0.717) is 12.1 Å². The lowest BCUT2D eigenvalue weighted by Crippen LogP contribution is -2.44. The van der Waals surface area contributed by atoms with Crippen molar-refractivity contribution in [3.05, 3.63) is 36.1 Å². The van der Waals surface area contributed by atoms with E-state index in [4.69, 9.17) is 4.42 Å². The van der Waals surface area contributed by atoms with Crippen molar-refractivity contribution in [2.24, 2.45) is 0 Å². The standard InChI is InChI=1S/C15H18N2O3/c1-3-8-16-14(18)10(2)17-15(19)13-9-11-6-4-5-7-12(11)20-13/h4-7,9-10H,3,8H2,1-2H3,(H,16,18)(H,17,19). The normalized spacial score (nSPS) is 12.1. The largest absolute Gasteiger partial charge is 0.451 e. The van der Waals surface area contributed by atoms with Crippen molar-refractivity contribution >= 4 is 22.8 Å². The maximum absolute atomic E-state index is 12.0. The van der Waals surface area contributed by atoms with Gasteiger partial charge in [0.1, 0.15) is 11.6 Å². The molecule has 5 nitrogen and oxygen atoms in total. The fourth-order valence-electron chi connectivity index (χ4n) is 1.83. The van der Waals surface area contributed by atoms with Crippen molar-refractivity contribution in [3.8, 4) is 0 Å². The lowest BCUT2D eigenvalue weighted by atomic mass is 10.2. The van der Waals surface area contributed by atoms with Crippen LogP contribution >= 0.6 is 0 Å². The molecular weight excluding hydrogens is 256 g/mol. The number of hydrogen-bond acceptors (Lipinski definition) is 3. The summed E-state index contributed by atoms with van der Waals surface area (Å²) in [7, 11) is 0. The van der Waals surface area contributed by atoms with Gasteiger partial charge in [0.2, 0.25) is 5.91 Å². The van der Waals surface area contributed by atoms with E-state index < -0.39 is 6.04 Å². The van der Waals surface area contributed by atoms with Crippen molar-refractivity contribution in [3.63, 3.8) is 0 Å². The Morgan fingerprint density at radius 1 is 1.30 bits per heavy atom. The summed E-state index contributed by atoms with van der Waals surface area (Å²) in [5, 5.41) is 6.21. The summed E-state index contributed by atoms with van der Waals surface area (Å²) in [6.45, 7) is 4.22. The Hall–Kier alpha value is -2.30. The summed E-state index contributed by atoms with van der Waals surface area (Å²) in [6, 6.07) is 8.45. The Bertz CT molecular complexity index is 585. The Morgan fingerprint density at radius 2 is 2.05 bits per heavy atom. The van der Waals surface area contributed by atoms with Crippen LogP contribution in [-0.2, 0) is 4.79 Å². The minimum atomic E-state index is -0.595. The van der Waals surface area contributed by atoms with Gasteiger partial charge in [0, 0.05) is 11.9 Å². The average Bonchev–Trinajstić information content (AvgIpc) is 2.88. The van der Waals surface area contributed by atoms with Crippen LogP contribution in [0.15, 0.2) is 34.7 Å². The van der Waals surface area contributed by atoms with E-state index in [1.807, 2.05) is 25.1 Å². The van der Waals surface area contributed by atoms with Gasteiger partial charge in [-0.2, -0.15) is 0 Å². The number of fused-ring (bicyclic) bond motifs is 1. The fourth-order valence-corrected chi connectivity index (χ4v) is 1.83. The summed E-state index contributed by atoms with van der Waals surface area (Å²) >= 11 is 0. The topological polar surface area (TPSA) is 71.3 Å². The first-order chi connectivity index (χ1) is 9.61. The summed E-state index contributed by atoms with van der Waals surface area (Å²) in [4.78, 5) is 23.7. The monoisotopic (exact) mass is 274 g/mol. The molecule has 0 bridgehead atoms. The van der Waals surface area contributed by atoms with E-state index >= 15 is 0 Å². The van der Waals surface area contributed by atoms with Crippen LogP contribution in [0.25, 0.3) is 11.0 Å². The lowest BCUT2D eigenvalue weighted by molar-refractivity contribution is -0.122. The number of amides is 2. The van der Waals surface area contributed by atoms with Gasteiger partial charge in [0.25, 0.3) is 5.91 Å². The minimum absolute atomic E-state index is 0.198. The number of benzene rings is 1. The van der Waals surface area contributed by atoms with Gasteiger partial charge in [-0.3, -0.25) is 9.59 Å². The molecule has 0 aliphatic carbocycles. The van der Waals surface area contributed by atoms with E-state index in [0.717, 1.165) is 11.8 Å². The summed E-state index contributed by atoms with van der Waals surface area (Å²) in [5.41, 5.74) is 0.653. The number of carbonyl (C=O) groups excluding carboxylic acids is 2. The number of rotatable bonds is 5. The van der Waals surface area contributed by atoms with Crippen LogP contribution in [0.5, 0.6) is 0 Å². The van der Waals surface area contributed by atoms with E-state index in [2.05, 4.69) is 10.6 Å². The molecule has 2 aromatic rings. The van der Waals surface area contributed by atoms with Gasteiger partial charge in [-0.1, -0.05) is 25.1 Å². The Labute approximate surface area is 117 Å². The van der Waals surface area contributed by atoms with Crippen LogP contribution in [0.1, 0.15) is 30.8 Å². The second-order valence-electron chi connectivity index (χ2n) is 4.63. The third kappa shape index (κ3) is 3.17. The zero-order chi connectivity index (χ0) is 14.5. The first-order valence-corrected chi connectivity index (χ1v) is 6.69. The van der Waals surface area contributed by atoms with Crippen molar-refractivity contribution in [2.75, 3.05) is 6.54 Å². The maximum atomic E-state index is 12.0. The molecule has 106 valence electrons. The van der Waals surface area contributed by atoms with Gasteiger partial charge in [-0.05, 0) is 25.5 Å². The van der Waals surface area contributed by atoms with E-state index in [9.17, 15) is 9.59 Å². The van der Waals surface area contributed by atoms with Gasteiger partial charge in [0.15, 0.2) is 5.76 Å². The highest BCUT2D eigenvalue weighted by Gasteiger charge is 2.18. The van der Waals surface area contributed by atoms with Crippen LogP contribution < -0.4 is 10.6 Å². The molecule has 2 amide bonds. The molecule has 0 fully saturated rings. The Balaban J connectivity index is 2.02. The molecule has 0 saturated carbocycles. The third-order valence-corrected chi connectivity index (χ3v) is 2.94. The number of furan rings is 1. The first-order valence-electron chi connectivity index (χ1n) is 6.69. The highest BCUT2D eigenvalue weighted by Crippen LogP contribution is 2.18. The van der Waals surface area contributed by atoms with E-state index in [-0.39, 0.29) is 17.6 Å². The quantitative estimate of drug-likeness (QED) is 0.876. The lowest BCUT2D eigenvalue weighted by Gasteiger charge is -2.12. The SMILES string of the molecule is CCCNC(=O)C(C)NC(=O)c1cc2ccccc2o1. The molecular formula is C15H18N2O3. The fraction of sp³-hybridized carbons (Fsp3) is 0.333. The smallest absolute Gasteiger partial charge is 0.287 e. The maximum Gasteiger partial charge on any atom is 0.287 e. The zero-order valence-electron chi connectivity index (χ0n) is 11.6. The molecule has 0 spiro atoms. The summed E-state index contributed by atoms with van der Waals surface area (Å²) in [6.07, 6.45) is 0.857. The molecule has 0 aliphatic heterocycles. The molecule has 1 unspecified atom stereocenters. The average molecular weight is 274 g/mol. The molecule has 20 heavy (non-hydrogen) atoms. The molecule has 1 aromatic heterocycles. The molecule has 1 atom stereocenters. The van der Waals surface area contributed by atoms with Gasteiger partial charge in [-0.15, -0.1) is 0 Å². The third-order valence-electron chi connectivity index (χ3n) is 2.94. The van der Waals surface area contributed by atoms with Crippen molar-refractivity contribution in [1.82, 2.24) is 10.6 Å². The highest BCUT2D eigenvalue weighted by molar-refractivity contribution is 5.98. The molecule has 0 aliphatic rings. The molecule has 0 radical (unpaired) electrons. The predicted molar refractivity (Wildman–Crippen MR) is 76.4 cm³/mol. The van der Waals surface area contributed by atoms with Gasteiger partial charge in [-0.25, -0.2) is 0 Å². The molecule has 1 aromatic carbocycles.